The maximum absolute atomic E-state index is 14.4. The highest BCUT2D eigenvalue weighted by molar-refractivity contribution is 7.88. The summed E-state index contributed by atoms with van der Waals surface area (Å²) in [6.45, 7) is 2.24. The van der Waals surface area contributed by atoms with E-state index in [2.05, 4.69) is 4.72 Å². The lowest BCUT2D eigenvalue weighted by Gasteiger charge is -2.28. The minimum atomic E-state index is -3.49. The Morgan fingerprint density at radius 1 is 1.23 bits per heavy atom. The molecular weight excluding hydrogens is 414 g/mol. The maximum atomic E-state index is 14.4. The molecule has 162 valence electrons. The number of ether oxygens (including phenoxy) is 1. The fourth-order valence-electron chi connectivity index (χ4n) is 3.77. The van der Waals surface area contributed by atoms with Crippen molar-refractivity contribution in [3.63, 3.8) is 0 Å². The van der Waals surface area contributed by atoms with Crippen molar-refractivity contribution in [1.82, 2.24) is 9.62 Å². The molecule has 0 bridgehead atoms. The molecule has 30 heavy (non-hydrogen) atoms. The van der Waals surface area contributed by atoms with Crippen molar-refractivity contribution >= 4 is 16.1 Å². The molecule has 1 amide bonds. The number of likely N-dealkylation sites (tertiary alicyclic amines) is 1. The number of hydrogen-bond acceptors (Lipinski definition) is 4. The molecule has 1 saturated heterocycles. The highest BCUT2D eigenvalue weighted by atomic mass is 32.2. The van der Waals surface area contributed by atoms with Gasteiger partial charge in [0.25, 0.3) is 0 Å². The van der Waals surface area contributed by atoms with Gasteiger partial charge in [0, 0.05) is 18.2 Å². The number of halogens is 2. The monoisotopic (exact) mass is 438 g/mol. The molecule has 6 nitrogen and oxygen atoms in total. The van der Waals surface area contributed by atoms with Crippen LogP contribution in [0.15, 0.2) is 42.5 Å². The number of carbonyl (C=O) groups is 1. The molecular formula is C21H24F2N2O4S. The Kier molecular flexibility index (Phi) is 6.72. The first-order valence-corrected chi connectivity index (χ1v) is 11.5. The van der Waals surface area contributed by atoms with E-state index in [0.29, 0.717) is 24.1 Å². The third-order valence-electron chi connectivity index (χ3n) is 5.02. The zero-order valence-electron chi connectivity index (χ0n) is 16.8. The normalized spacial score (nSPS) is 19.1. The topological polar surface area (TPSA) is 75.7 Å². The quantitative estimate of drug-likeness (QED) is 0.751. The Morgan fingerprint density at radius 2 is 2.00 bits per heavy atom. The van der Waals surface area contributed by atoms with Crippen LogP contribution in [0, 0.1) is 11.6 Å². The minimum absolute atomic E-state index is 0.201. The first kappa shape index (κ1) is 22.2. The molecule has 2 aromatic rings. The Bertz CT molecular complexity index is 1030. The van der Waals surface area contributed by atoms with Gasteiger partial charge in [0.05, 0.1) is 18.9 Å². The number of sulfonamides is 1. The lowest BCUT2D eigenvalue weighted by Crippen LogP contribution is -2.47. The molecule has 1 N–H and O–H groups in total. The van der Waals surface area contributed by atoms with Crippen LogP contribution in [-0.4, -0.2) is 50.9 Å². The number of benzene rings is 2. The van der Waals surface area contributed by atoms with Crippen LogP contribution in [-0.2, 0) is 21.2 Å². The van der Waals surface area contributed by atoms with Crippen LogP contribution < -0.4 is 4.72 Å². The van der Waals surface area contributed by atoms with Crippen molar-refractivity contribution in [3.8, 4) is 11.1 Å². The molecule has 1 heterocycles. The number of amides is 1. The van der Waals surface area contributed by atoms with Gasteiger partial charge >= 0.3 is 6.09 Å². The van der Waals surface area contributed by atoms with Crippen LogP contribution in [0.1, 0.15) is 18.9 Å². The lowest BCUT2D eigenvalue weighted by molar-refractivity contribution is 0.101. The summed E-state index contributed by atoms with van der Waals surface area (Å²) in [5.74, 6) is -0.970. The smallest absolute Gasteiger partial charge is 0.410 e. The van der Waals surface area contributed by atoms with E-state index in [1.54, 1.807) is 25.1 Å². The molecule has 3 rings (SSSR count). The third kappa shape index (κ3) is 5.34. The van der Waals surface area contributed by atoms with E-state index < -0.39 is 39.8 Å². The van der Waals surface area contributed by atoms with Crippen LogP contribution in [0.2, 0.25) is 0 Å². The van der Waals surface area contributed by atoms with E-state index in [0.717, 1.165) is 6.26 Å². The summed E-state index contributed by atoms with van der Waals surface area (Å²) in [4.78, 5) is 13.9. The zero-order chi connectivity index (χ0) is 21.9. The second kappa shape index (κ2) is 9.09. The minimum Gasteiger partial charge on any atom is -0.450 e. The van der Waals surface area contributed by atoms with Crippen molar-refractivity contribution in [3.05, 3.63) is 59.7 Å². The lowest BCUT2D eigenvalue weighted by atomic mass is 9.96. The van der Waals surface area contributed by atoms with Gasteiger partial charge < -0.3 is 9.64 Å². The highest BCUT2D eigenvalue weighted by Gasteiger charge is 2.39. The van der Waals surface area contributed by atoms with Crippen molar-refractivity contribution in [1.29, 1.82) is 0 Å². The van der Waals surface area contributed by atoms with Crippen LogP contribution in [0.25, 0.3) is 11.1 Å². The van der Waals surface area contributed by atoms with E-state index in [9.17, 15) is 22.0 Å². The molecule has 0 spiro atoms. The van der Waals surface area contributed by atoms with Crippen molar-refractivity contribution in [2.24, 2.45) is 0 Å². The Balaban J connectivity index is 1.91. The first-order valence-electron chi connectivity index (χ1n) is 9.63. The van der Waals surface area contributed by atoms with E-state index in [1.165, 1.54) is 29.2 Å². The van der Waals surface area contributed by atoms with E-state index in [1.807, 2.05) is 0 Å². The number of carbonyl (C=O) groups excluding carboxylic acids is 1. The predicted octanol–water partition coefficient (Wildman–Crippen LogP) is 3.32. The molecule has 0 saturated carbocycles. The van der Waals surface area contributed by atoms with Crippen molar-refractivity contribution in [2.75, 3.05) is 19.4 Å². The summed E-state index contributed by atoms with van der Waals surface area (Å²) in [5, 5.41) is 0. The molecule has 1 aliphatic heterocycles. The molecule has 0 aromatic heterocycles. The zero-order valence-corrected chi connectivity index (χ0v) is 17.6. The molecule has 0 aliphatic carbocycles. The largest absolute Gasteiger partial charge is 0.450 e. The van der Waals surface area contributed by atoms with Gasteiger partial charge in [-0.1, -0.05) is 18.2 Å². The molecule has 2 aromatic carbocycles. The molecule has 0 radical (unpaired) electrons. The molecule has 9 heteroatoms. The fraction of sp³-hybridized carbons (Fsp3) is 0.381. The summed E-state index contributed by atoms with van der Waals surface area (Å²) in [7, 11) is -3.49. The standard InChI is InChI=1S/C21H24F2N2O4S/c1-3-29-21(26)25-10-9-19(24-30(2,27)28)20(25)12-14-7-8-18(23)17(11-14)15-5-4-6-16(22)13-15/h4-8,11,13,19-20,24H,3,9-10,12H2,1-2H3/t19-,20-/m1/s1. The number of nitrogens with one attached hydrogen (secondary N) is 1. The third-order valence-corrected chi connectivity index (χ3v) is 5.76. The Morgan fingerprint density at radius 3 is 2.67 bits per heavy atom. The Labute approximate surface area is 174 Å². The van der Waals surface area contributed by atoms with Crippen LogP contribution in [0.5, 0.6) is 0 Å². The average Bonchev–Trinajstić information content (AvgIpc) is 3.04. The van der Waals surface area contributed by atoms with Gasteiger partial charge in [0.2, 0.25) is 10.0 Å². The molecule has 0 unspecified atom stereocenters. The number of rotatable bonds is 6. The van der Waals surface area contributed by atoms with Gasteiger partial charge in [-0.05, 0) is 55.2 Å². The second-order valence-corrected chi connectivity index (χ2v) is 9.05. The van der Waals surface area contributed by atoms with Crippen molar-refractivity contribution < 1.29 is 26.7 Å². The molecule has 2 atom stereocenters. The summed E-state index contributed by atoms with van der Waals surface area (Å²) in [6, 6.07) is 9.12. The van der Waals surface area contributed by atoms with Crippen molar-refractivity contribution in [2.45, 2.75) is 31.8 Å². The first-order chi connectivity index (χ1) is 14.2. The maximum Gasteiger partial charge on any atom is 0.410 e. The van der Waals surface area contributed by atoms with E-state index >= 15 is 0 Å². The van der Waals surface area contributed by atoms with Gasteiger partial charge in [-0.25, -0.2) is 26.7 Å². The second-order valence-electron chi connectivity index (χ2n) is 7.27. The van der Waals surface area contributed by atoms with E-state index in [-0.39, 0.29) is 18.6 Å². The Hall–Kier alpha value is -2.52. The number of hydrogen-bond donors (Lipinski definition) is 1. The summed E-state index contributed by atoms with van der Waals surface area (Å²) < 4.78 is 59.2. The van der Waals surface area contributed by atoms with Crippen LogP contribution in [0.3, 0.4) is 0 Å². The summed E-state index contributed by atoms with van der Waals surface area (Å²) in [5.41, 5.74) is 1.33. The average molecular weight is 438 g/mol. The van der Waals surface area contributed by atoms with Crippen LogP contribution >= 0.6 is 0 Å². The van der Waals surface area contributed by atoms with Gasteiger partial charge in [-0.3, -0.25) is 0 Å². The fourth-order valence-corrected chi connectivity index (χ4v) is 4.59. The highest BCUT2D eigenvalue weighted by Crippen LogP contribution is 2.28. The van der Waals surface area contributed by atoms with Gasteiger partial charge in [0.15, 0.2) is 0 Å². The van der Waals surface area contributed by atoms with Gasteiger partial charge in [-0.15, -0.1) is 0 Å². The molecule has 1 fully saturated rings. The van der Waals surface area contributed by atoms with Gasteiger partial charge in [0.1, 0.15) is 11.6 Å². The summed E-state index contributed by atoms with van der Waals surface area (Å²) in [6.07, 6.45) is 1.27. The summed E-state index contributed by atoms with van der Waals surface area (Å²) >= 11 is 0. The van der Waals surface area contributed by atoms with Gasteiger partial charge in [-0.2, -0.15) is 0 Å². The predicted molar refractivity (Wildman–Crippen MR) is 109 cm³/mol. The number of nitrogens with zero attached hydrogens (tertiary/aromatic N) is 1. The van der Waals surface area contributed by atoms with E-state index in [4.69, 9.17) is 4.74 Å². The van der Waals surface area contributed by atoms with Crippen LogP contribution in [0.4, 0.5) is 13.6 Å². The molecule has 1 aliphatic rings. The SMILES string of the molecule is CCOC(=O)N1CC[C@@H](NS(C)(=O)=O)[C@H]1Cc1ccc(F)c(-c2cccc(F)c2)c1.